The van der Waals surface area contributed by atoms with Crippen LogP contribution >= 0.6 is 0 Å². The van der Waals surface area contributed by atoms with Gasteiger partial charge in [0.2, 0.25) is 0 Å². The van der Waals surface area contributed by atoms with E-state index in [4.69, 9.17) is 5.21 Å². The molecular formula is C9H10N2O5. The third-order valence-corrected chi connectivity index (χ3v) is 1.89. The van der Waals surface area contributed by atoms with E-state index in [2.05, 4.69) is 0 Å². The summed E-state index contributed by atoms with van der Waals surface area (Å²) in [7, 11) is 0. The second-order valence-electron chi connectivity index (χ2n) is 3.14. The molecule has 0 aromatic heterocycles. The SMILES string of the molecule is O=C1C=CC(=O)N1.O=C1CCCC(=O)N1O. The summed E-state index contributed by atoms with van der Waals surface area (Å²) in [5.74, 6) is -1.65. The second-order valence-corrected chi connectivity index (χ2v) is 3.14. The second kappa shape index (κ2) is 5.17. The molecule has 2 aliphatic heterocycles. The van der Waals surface area contributed by atoms with Gasteiger partial charge in [-0.05, 0) is 6.42 Å². The largest absolute Gasteiger partial charge is 0.289 e. The molecule has 1 fully saturated rings. The summed E-state index contributed by atoms with van der Waals surface area (Å²) < 4.78 is 0. The number of amides is 4. The third-order valence-electron chi connectivity index (χ3n) is 1.89. The zero-order chi connectivity index (χ0) is 12.1. The lowest BCUT2D eigenvalue weighted by Gasteiger charge is -2.16. The van der Waals surface area contributed by atoms with Gasteiger partial charge >= 0.3 is 0 Å². The molecule has 7 nitrogen and oxygen atoms in total. The highest BCUT2D eigenvalue weighted by Crippen LogP contribution is 2.08. The molecule has 0 atom stereocenters. The van der Waals surface area contributed by atoms with E-state index in [-0.39, 0.29) is 29.7 Å². The number of imide groups is 2. The van der Waals surface area contributed by atoms with Gasteiger partial charge in [-0.1, -0.05) is 0 Å². The van der Waals surface area contributed by atoms with E-state index in [1.54, 1.807) is 0 Å². The number of hydrogen-bond donors (Lipinski definition) is 2. The summed E-state index contributed by atoms with van der Waals surface area (Å²) in [6.45, 7) is 0. The molecule has 7 heteroatoms. The van der Waals surface area contributed by atoms with Crippen molar-refractivity contribution >= 4 is 23.6 Å². The fourth-order valence-electron chi connectivity index (χ4n) is 1.10. The van der Waals surface area contributed by atoms with E-state index in [9.17, 15) is 19.2 Å². The Balaban J connectivity index is 0.000000165. The lowest BCUT2D eigenvalue weighted by Crippen LogP contribution is -2.36. The smallest absolute Gasteiger partial charge is 0.253 e. The molecule has 2 N–H and O–H groups in total. The monoisotopic (exact) mass is 226 g/mol. The van der Waals surface area contributed by atoms with E-state index in [1.165, 1.54) is 12.2 Å². The molecule has 86 valence electrons. The van der Waals surface area contributed by atoms with Crippen molar-refractivity contribution in [2.45, 2.75) is 19.3 Å². The van der Waals surface area contributed by atoms with Crippen molar-refractivity contribution in [2.75, 3.05) is 0 Å². The van der Waals surface area contributed by atoms with Crippen LogP contribution in [0.25, 0.3) is 0 Å². The van der Waals surface area contributed by atoms with Crippen LogP contribution in [-0.4, -0.2) is 33.9 Å². The van der Waals surface area contributed by atoms with Gasteiger partial charge in [-0.25, -0.2) is 0 Å². The summed E-state index contributed by atoms with van der Waals surface area (Å²) in [5.41, 5.74) is 0. The Labute approximate surface area is 90.7 Å². The first-order valence-electron chi connectivity index (χ1n) is 4.58. The van der Waals surface area contributed by atoms with Crippen molar-refractivity contribution < 1.29 is 24.4 Å². The average molecular weight is 226 g/mol. The molecule has 2 rings (SSSR count). The lowest BCUT2D eigenvalue weighted by atomic mass is 10.1. The maximum atomic E-state index is 10.5. The van der Waals surface area contributed by atoms with Gasteiger partial charge in [0, 0.05) is 25.0 Å². The number of carbonyl (C=O) groups is 4. The van der Waals surface area contributed by atoms with Crippen molar-refractivity contribution in [3.8, 4) is 0 Å². The van der Waals surface area contributed by atoms with E-state index < -0.39 is 11.8 Å². The van der Waals surface area contributed by atoms with Crippen LogP contribution < -0.4 is 5.32 Å². The molecule has 2 heterocycles. The van der Waals surface area contributed by atoms with Crippen LogP contribution in [0.3, 0.4) is 0 Å². The highest BCUT2D eigenvalue weighted by atomic mass is 16.5. The van der Waals surface area contributed by atoms with Crippen LogP contribution in [0.4, 0.5) is 0 Å². The Kier molecular flexibility index (Phi) is 3.90. The Hall–Kier alpha value is -2.02. The topological polar surface area (TPSA) is 104 Å². The molecule has 0 aliphatic carbocycles. The predicted molar refractivity (Wildman–Crippen MR) is 49.8 cm³/mol. The Morgan fingerprint density at radius 2 is 1.44 bits per heavy atom. The number of hydroxylamine groups is 2. The summed E-state index contributed by atoms with van der Waals surface area (Å²) in [4.78, 5) is 41.0. The molecule has 1 saturated heterocycles. The molecule has 4 amide bonds. The molecule has 0 unspecified atom stereocenters. The normalized spacial score (nSPS) is 19.4. The fraction of sp³-hybridized carbons (Fsp3) is 0.333. The highest BCUT2D eigenvalue weighted by Gasteiger charge is 2.23. The summed E-state index contributed by atoms with van der Waals surface area (Å²) in [6.07, 6.45) is 3.52. The predicted octanol–water partition coefficient (Wildman–Crippen LogP) is -0.886. The van der Waals surface area contributed by atoms with E-state index in [1.807, 2.05) is 5.32 Å². The first-order chi connectivity index (χ1) is 7.50. The number of nitrogens with one attached hydrogen (secondary N) is 1. The summed E-state index contributed by atoms with van der Waals surface area (Å²) in [6, 6.07) is 0. The van der Waals surface area contributed by atoms with Crippen molar-refractivity contribution in [1.82, 2.24) is 10.4 Å². The van der Waals surface area contributed by atoms with Crippen LogP contribution in [0.5, 0.6) is 0 Å². The van der Waals surface area contributed by atoms with Crippen LogP contribution in [0.15, 0.2) is 12.2 Å². The van der Waals surface area contributed by atoms with E-state index in [0.29, 0.717) is 6.42 Å². The van der Waals surface area contributed by atoms with Gasteiger partial charge in [0.15, 0.2) is 0 Å². The van der Waals surface area contributed by atoms with Gasteiger partial charge in [0.05, 0.1) is 0 Å². The maximum absolute atomic E-state index is 10.5. The van der Waals surface area contributed by atoms with Gasteiger partial charge < -0.3 is 0 Å². The van der Waals surface area contributed by atoms with Crippen LogP contribution in [0, 0.1) is 0 Å². The van der Waals surface area contributed by atoms with Crippen LogP contribution in [-0.2, 0) is 19.2 Å². The molecule has 0 bridgehead atoms. The quantitative estimate of drug-likeness (QED) is 0.412. The summed E-state index contributed by atoms with van der Waals surface area (Å²) >= 11 is 0. The molecule has 0 radical (unpaired) electrons. The number of hydrogen-bond acceptors (Lipinski definition) is 5. The highest BCUT2D eigenvalue weighted by molar-refractivity contribution is 6.12. The zero-order valence-electron chi connectivity index (χ0n) is 8.30. The first kappa shape index (κ1) is 12.1. The molecule has 0 aromatic rings. The van der Waals surface area contributed by atoms with Gasteiger partial charge in [-0.15, -0.1) is 0 Å². The van der Waals surface area contributed by atoms with Crippen LogP contribution in [0.2, 0.25) is 0 Å². The molecule has 0 spiro atoms. The molecule has 2 aliphatic rings. The van der Waals surface area contributed by atoms with Crippen molar-refractivity contribution in [3.05, 3.63) is 12.2 Å². The van der Waals surface area contributed by atoms with Crippen molar-refractivity contribution in [1.29, 1.82) is 0 Å². The molecule has 0 saturated carbocycles. The van der Waals surface area contributed by atoms with Crippen LogP contribution in [0.1, 0.15) is 19.3 Å². The van der Waals surface area contributed by atoms with Gasteiger partial charge in [-0.3, -0.25) is 29.7 Å². The van der Waals surface area contributed by atoms with Gasteiger partial charge in [0.25, 0.3) is 23.6 Å². The molecule has 16 heavy (non-hydrogen) atoms. The standard InChI is InChI=1S/C5H7NO3.C4H3NO2/c7-4-2-1-3-5(8)6(4)9;6-3-1-2-4(7)5-3/h9H,1-3H2;1-2H,(H,5,6,7). The Morgan fingerprint density at radius 1 is 1.00 bits per heavy atom. The number of nitrogens with zero attached hydrogens (tertiary/aromatic N) is 1. The van der Waals surface area contributed by atoms with E-state index >= 15 is 0 Å². The summed E-state index contributed by atoms with van der Waals surface area (Å²) in [5, 5.41) is 10.8. The number of carbonyl (C=O) groups excluding carboxylic acids is 4. The molecule has 0 aromatic carbocycles. The fourth-order valence-corrected chi connectivity index (χ4v) is 1.10. The van der Waals surface area contributed by atoms with Gasteiger partial charge in [-0.2, -0.15) is 5.06 Å². The number of rotatable bonds is 0. The zero-order valence-corrected chi connectivity index (χ0v) is 8.30. The average Bonchev–Trinajstić information content (AvgIpc) is 2.60. The minimum Gasteiger partial charge on any atom is -0.289 e. The Bertz CT molecular complexity index is 342. The minimum absolute atomic E-state index is 0.198. The van der Waals surface area contributed by atoms with Gasteiger partial charge in [0.1, 0.15) is 0 Å². The van der Waals surface area contributed by atoms with E-state index in [0.717, 1.165) is 0 Å². The van der Waals surface area contributed by atoms with Crippen molar-refractivity contribution in [2.24, 2.45) is 0 Å². The third kappa shape index (κ3) is 3.28. The van der Waals surface area contributed by atoms with Crippen molar-refractivity contribution in [3.63, 3.8) is 0 Å². The number of piperidine rings is 1. The molecular weight excluding hydrogens is 216 g/mol. The maximum Gasteiger partial charge on any atom is 0.253 e. The Morgan fingerprint density at radius 3 is 1.69 bits per heavy atom. The lowest BCUT2D eigenvalue weighted by molar-refractivity contribution is -0.182. The minimum atomic E-state index is -0.494. The first-order valence-corrected chi connectivity index (χ1v) is 4.58.